The Morgan fingerprint density at radius 1 is 1.30 bits per heavy atom. The van der Waals surface area contributed by atoms with Gasteiger partial charge in [0.1, 0.15) is 5.82 Å². The lowest BCUT2D eigenvalue weighted by molar-refractivity contribution is 0.110. The van der Waals surface area contributed by atoms with E-state index in [4.69, 9.17) is 0 Å². The summed E-state index contributed by atoms with van der Waals surface area (Å²) >= 11 is 3.34. The first kappa shape index (κ1) is 14.3. The molecule has 4 heteroatoms. The van der Waals surface area contributed by atoms with Gasteiger partial charge in [0, 0.05) is 29.6 Å². The highest BCUT2D eigenvalue weighted by molar-refractivity contribution is 9.10. The molecule has 1 aromatic carbocycles. The predicted octanol–water partition coefficient (Wildman–Crippen LogP) is 4.04. The fourth-order valence-electron chi connectivity index (χ4n) is 3.61. The summed E-state index contributed by atoms with van der Waals surface area (Å²) in [5.74, 6) is -0.109. The molecule has 2 aliphatic rings. The van der Waals surface area contributed by atoms with Crippen LogP contribution in [0.3, 0.4) is 0 Å². The lowest BCUT2D eigenvalue weighted by Crippen LogP contribution is -2.59. The van der Waals surface area contributed by atoms with E-state index in [9.17, 15) is 4.39 Å². The summed E-state index contributed by atoms with van der Waals surface area (Å²) in [6.07, 6.45) is 4.96. The molecule has 0 amide bonds. The molecule has 0 aromatic heterocycles. The number of halogens is 2. The van der Waals surface area contributed by atoms with Crippen LogP contribution in [0, 0.1) is 5.82 Å². The van der Waals surface area contributed by atoms with Crippen molar-refractivity contribution in [1.29, 1.82) is 0 Å². The van der Waals surface area contributed by atoms with Gasteiger partial charge in [0.05, 0.1) is 5.69 Å². The Labute approximate surface area is 129 Å². The highest BCUT2D eigenvalue weighted by atomic mass is 79.9. The van der Waals surface area contributed by atoms with E-state index in [0.29, 0.717) is 12.1 Å². The first-order chi connectivity index (χ1) is 9.69. The molecule has 1 aromatic rings. The third-order valence-corrected chi connectivity index (χ3v) is 5.23. The third kappa shape index (κ3) is 2.73. The van der Waals surface area contributed by atoms with Gasteiger partial charge in [-0.25, -0.2) is 4.39 Å². The van der Waals surface area contributed by atoms with Crippen molar-refractivity contribution < 1.29 is 4.39 Å². The minimum Gasteiger partial charge on any atom is -0.363 e. The van der Waals surface area contributed by atoms with Crippen LogP contribution in [0.5, 0.6) is 0 Å². The Hall–Kier alpha value is -0.610. The summed E-state index contributed by atoms with van der Waals surface area (Å²) < 4.78 is 15.1. The number of benzene rings is 1. The van der Waals surface area contributed by atoms with Gasteiger partial charge < -0.3 is 4.90 Å². The van der Waals surface area contributed by atoms with Crippen molar-refractivity contribution in [2.24, 2.45) is 0 Å². The fourth-order valence-corrected chi connectivity index (χ4v) is 3.94. The van der Waals surface area contributed by atoms with E-state index in [1.54, 1.807) is 6.07 Å². The Kier molecular flexibility index (Phi) is 4.32. The van der Waals surface area contributed by atoms with Crippen LogP contribution < -0.4 is 4.90 Å². The Morgan fingerprint density at radius 3 is 2.90 bits per heavy atom. The van der Waals surface area contributed by atoms with Gasteiger partial charge in [0.25, 0.3) is 0 Å². The SMILES string of the molecule is CCC1CN2CCCCC2CN1c1ccc(Br)cc1F. The summed E-state index contributed by atoms with van der Waals surface area (Å²) in [4.78, 5) is 4.92. The fraction of sp³-hybridized carbons (Fsp3) is 0.625. The number of piperazine rings is 1. The van der Waals surface area contributed by atoms with E-state index in [2.05, 4.69) is 32.7 Å². The summed E-state index contributed by atoms with van der Waals surface area (Å²) in [5, 5.41) is 0. The molecule has 2 saturated heterocycles. The number of hydrogen-bond acceptors (Lipinski definition) is 2. The zero-order chi connectivity index (χ0) is 14.1. The van der Waals surface area contributed by atoms with E-state index in [1.807, 2.05) is 12.1 Å². The van der Waals surface area contributed by atoms with Crippen molar-refractivity contribution in [3.8, 4) is 0 Å². The third-order valence-electron chi connectivity index (χ3n) is 4.73. The Bertz CT molecular complexity index is 480. The highest BCUT2D eigenvalue weighted by Crippen LogP contribution is 2.31. The largest absolute Gasteiger partial charge is 0.363 e. The molecule has 2 nitrogen and oxygen atoms in total. The summed E-state index contributed by atoms with van der Waals surface area (Å²) in [6.45, 7) is 5.48. The van der Waals surface area contributed by atoms with Crippen LogP contribution in [-0.4, -0.2) is 36.6 Å². The van der Waals surface area contributed by atoms with Crippen molar-refractivity contribution >= 4 is 21.6 Å². The zero-order valence-electron chi connectivity index (χ0n) is 12.0. The average Bonchev–Trinajstić information content (AvgIpc) is 2.46. The Balaban J connectivity index is 1.86. The van der Waals surface area contributed by atoms with E-state index in [-0.39, 0.29) is 5.82 Å². The van der Waals surface area contributed by atoms with Gasteiger partial charge in [0.15, 0.2) is 0 Å². The van der Waals surface area contributed by atoms with E-state index in [0.717, 1.165) is 29.7 Å². The standard InChI is InChI=1S/C16H22BrFN2/c1-2-13-10-19-8-4-3-5-14(19)11-20(13)16-7-6-12(17)9-15(16)18/h6-7,9,13-14H,2-5,8,10-11H2,1H3. The molecule has 2 atom stereocenters. The molecule has 0 aliphatic carbocycles. The first-order valence-corrected chi connectivity index (χ1v) is 8.44. The normalized spacial score (nSPS) is 27.4. The van der Waals surface area contributed by atoms with Gasteiger partial charge in [-0.2, -0.15) is 0 Å². The van der Waals surface area contributed by atoms with Crippen LogP contribution in [0.4, 0.5) is 10.1 Å². The molecule has 0 spiro atoms. The van der Waals surface area contributed by atoms with Gasteiger partial charge in [-0.1, -0.05) is 29.3 Å². The molecule has 20 heavy (non-hydrogen) atoms. The number of piperidine rings is 1. The minimum atomic E-state index is -0.109. The maximum atomic E-state index is 14.3. The lowest BCUT2D eigenvalue weighted by Gasteiger charge is -2.49. The second-order valence-electron chi connectivity index (χ2n) is 5.95. The van der Waals surface area contributed by atoms with Gasteiger partial charge in [-0.05, 0) is 44.0 Å². The smallest absolute Gasteiger partial charge is 0.147 e. The van der Waals surface area contributed by atoms with E-state index < -0.39 is 0 Å². The molecule has 0 N–H and O–H groups in total. The average molecular weight is 341 g/mol. The van der Waals surface area contributed by atoms with Crippen molar-refractivity contribution in [3.05, 3.63) is 28.5 Å². The van der Waals surface area contributed by atoms with Crippen LogP contribution in [0.25, 0.3) is 0 Å². The minimum absolute atomic E-state index is 0.109. The van der Waals surface area contributed by atoms with Gasteiger partial charge in [-0.15, -0.1) is 0 Å². The monoisotopic (exact) mass is 340 g/mol. The maximum absolute atomic E-state index is 14.3. The van der Waals surface area contributed by atoms with E-state index in [1.165, 1.54) is 25.8 Å². The molecule has 0 radical (unpaired) electrons. The predicted molar refractivity (Wildman–Crippen MR) is 84.7 cm³/mol. The highest BCUT2D eigenvalue weighted by Gasteiger charge is 2.35. The van der Waals surface area contributed by atoms with Crippen LogP contribution in [0.1, 0.15) is 32.6 Å². The number of fused-ring (bicyclic) bond motifs is 1. The lowest BCUT2D eigenvalue weighted by atomic mass is 9.95. The molecular formula is C16H22BrFN2. The molecule has 2 aliphatic heterocycles. The molecule has 2 heterocycles. The van der Waals surface area contributed by atoms with Crippen LogP contribution in [-0.2, 0) is 0 Å². The molecule has 0 bridgehead atoms. The van der Waals surface area contributed by atoms with Crippen molar-refractivity contribution in [1.82, 2.24) is 4.90 Å². The number of rotatable bonds is 2. The van der Waals surface area contributed by atoms with Crippen molar-refractivity contribution in [2.45, 2.75) is 44.7 Å². The van der Waals surface area contributed by atoms with Crippen LogP contribution >= 0.6 is 15.9 Å². The van der Waals surface area contributed by atoms with E-state index >= 15 is 0 Å². The topological polar surface area (TPSA) is 6.48 Å². The number of nitrogens with zero attached hydrogens (tertiary/aromatic N) is 2. The summed E-state index contributed by atoms with van der Waals surface area (Å²) in [6, 6.07) is 6.48. The van der Waals surface area contributed by atoms with Crippen molar-refractivity contribution in [2.75, 3.05) is 24.5 Å². The number of anilines is 1. The van der Waals surface area contributed by atoms with Gasteiger partial charge in [0.2, 0.25) is 0 Å². The van der Waals surface area contributed by atoms with Crippen LogP contribution in [0.2, 0.25) is 0 Å². The maximum Gasteiger partial charge on any atom is 0.147 e. The zero-order valence-corrected chi connectivity index (χ0v) is 13.6. The molecular weight excluding hydrogens is 319 g/mol. The number of hydrogen-bond donors (Lipinski definition) is 0. The molecule has 110 valence electrons. The first-order valence-electron chi connectivity index (χ1n) is 7.64. The quantitative estimate of drug-likeness (QED) is 0.801. The van der Waals surface area contributed by atoms with Gasteiger partial charge >= 0.3 is 0 Å². The molecule has 2 fully saturated rings. The van der Waals surface area contributed by atoms with Crippen molar-refractivity contribution in [3.63, 3.8) is 0 Å². The molecule has 2 unspecified atom stereocenters. The summed E-state index contributed by atoms with van der Waals surface area (Å²) in [5.41, 5.74) is 0.769. The molecule has 0 saturated carbocycles. The Morgan fingerprint density at radius 2 is 2.15 bits per heavy atom. The van der Waals surface area contributed by atoms with Crippen LogP contribution in [0.15, 0.2) is 22.7 Å². The molecule has 3 rings (SSSR count). The second kappa shape index (κ2) is 6.02. The summed E-state index contributed by atoms with van der Waals surface area (Å²) in [7, 11) is 0. The van der Waals surface area contributed by atoms with Gasteiger partial charge in [-0.3, -0.25) is 4.90 Å². The second-order valence-corrected chi connectivity index (χ2v) is 6.87.